The number of hydrogen-bond acceptors (Lipinski definition) is 4. The molecule has 2 heterocycles. The molecule has 1 fully saturated rings. The van der Waals surface area contributed by atoms with E-state index in [1.54, 1.807) is 6.07 Å². The Balaban J connectivity index is 1.92. The molecule has 1 aromatic carbocycles. The summed E-state index contributed by atoms with van der Waals surface area (Å²) < 4.78 is 5.01. The quantitative estimate of drug-likeness (QED) is 0.804. The van der Waals surface area contributed by atoms with Gasteiger partial charge in [-0.25, -0.2) is 9.78 Å². The van der Waals surface area contributed by atoms with Crippen LogP contribution in [0.25, 0.3) is 10.9 Å². The Labute approximate surface area is 118 Å². The summed E-state index contributed by atoms with van der Waals surface area (Å²) in [5.41, 5.74) is 1.50. The van der Waals surface area contributed by atoms with Crippen molar-refractivity contribution in [3.63, 3.8) is 0 Å². The predicted molar refractivity (Wildman–Crippen MR) is 79.1 cm³/mol. The number of pyridine rings is 1. The van der Waals surface area contributed by atoms with E-state index in [4.69, 9.17) is 4.74 Å². The van der Waals surface area contributed by atoms with Gasteiger partial charge in [-0.15, -0.1) is 0 Å². The average Bonchev–Trinajstić information content (AvgIpc) is 3.00. The van der Waals surface area contributed by atoms with Gasteiger partial charge in [-0.2, -0.15) is 0 Å². The van der Waals surface area contributed by atoms with Gasteiger partial charge in [0.15, 0.2) is 0 Å². The third kappa shape index (κ3) is 2.46. The largest absolute Gasteiger partial charge is 0.462 e. The van der Waals surface area contributed by atoms with Crippen LogP contribution in [-0.2, 0) is 4.74 Å². The van der Waals surface area contributed by atoms with E-state index in [0.717, 1.165) is 29.8 Å². The zero-order valence-corrected chi connectivity index (χ0v) is 11.6. The highest BCUT2D eigenvalue weighted by molar-refractivity contribution is 5.94. The van der Waals surface area contributed by atoms with Crippen LogP contribution in [0, 0.1) is 0 Å². The summed E-state index contributed by atoms with van der Waals surface area (Å²) in [6.45, 7) is 4.37. The van der Waals surface area contributed by atoms with E-state index in [1.807, 2.05) is 31.2 Å². The number of benzene rings is 1. The van der Waals surface area contributed by atoms with Gasteiger partial charge in [0.2, 0.25) is 0 Å². The second-order valence-corrected chi connectivity index (χ2v) is 4.99. The lowest BCUT2D eigenvalue weighted by atomic mass is 10.1. The fraction of sp³-hybridized carbons (Fsp3) is 0.375. The zero-order chi connectivity index (χ0) is 13.9. The number of rotatable bonds is 3. The number of nitrogens with zero attached hydrogens (tertiary/aromatic N) is 2. The van der Waals surface area contributed by atoms with E-state index in [2.05, 4.69) is 9.88 Å². The number of esters is 1. The van der Waals surface area contributed by atoms with Crippen LogP contribution in [0.4, 0.5) is 5.82 Å². The summed E-state index contributed by atoms with van der Waals surface area (Å²) >= 11 is 0. The molecule has 20 heavy (non-hydrogen) atoms. The van der Waals surface area contributed by atoms with Crippen molar-refractivity contribution in [2.75, 3.05) is 24.6 Å². The maximum absolute atomic E-state index is 11.7. The Kier molecular flexibility index (Phi) is 3.54. The summed E-state index contributed by atoms with van der Waals surface area (Å²) in [6.07, 6.45) is 2.48. The van der Waals surface area contributed by atoms with Crippen LogP contribution in [0.2, 0.25) is 0 Å². The molecule has 0 aliphatic carbocycles. The number of aromatic nitrogens is 1. The third-order valence-corrected chi connectivity index (χ3v) is 3.62. The van der Waals surface area contributed by atoms with E-state index >= 15 is 0 Å². The SMILES string of the molecule is CCOC(=O)c1ccc2nc(N3CCCC3)ccc2c1. The molecule has 0 amide bonds. The maximum Gasteiger partial charge on any atom is 0.338 e. The first-order chi connectivity index (χ1) is 9.78. The summed E-state index contributed by atoms with van der Waals surface area (Å²) in [6, 6.07) is 9.57. The molecule has 1 saturated heterocycles. The van der Waals surface area contributed by atoms with Gasteiger partial charge in [0.05, 0.1) is 17.7 Å². The fourth-order valence-corrected chi connectivity index (χ4v) is 2.58. The molecular weight excluding hydrogens is 252 g/mol. The van der Waals surface area contributed by atoms with Crippen molar-refractivity contribution in [3.8, 4) is 0 Å². The van der Waals surface area contributed by atoms with Gasteiger partial charge >= 0.3 is 5.97 Å². The Hall–Kier alpha value is -2.10. The average molecular weight is 270 g/mol. The molecular formula is C16H18N2O2. The standard InChI is InChI=1S/C16H18N2O2/c1-2-20-16(19)13-5-7-14-12(11-13)6-8-15(17-14)18-9-3-4-10-18/h5-8,11H,2-4,9-10H2,1H3. The van der Waals surface area contributed by atoms with Crippen LogP contribution >= 0.6 is 0 Å². The highest BCUT2D eigenvalue weighted by Crippen LogP contribution is 2.22. The van der Waals surface area contributed by atoms with Crippen molar-refractivity contribution >= 4 is 22.7 Å². The molecule has 0 saturated carbocycles. The number of anilines is 1. The van der Waals surface area contributed by atoms with Crippen LogP contribution in [0.15, 0.2) is 30.3 Å². The molecule has 1 aliphatic heterocycles. The molecule has 0 bridgehead atoms. The fourth-order valence-electron chi connectivity index (χ4n) is 2.58. The first-order valence-corrected chi connectivity index (χ1v) is 7.11. The second-order valence-electron chi connectivity index (χ2n) is 4.99. The summed E-state index contributed by atoms with van der Waals surface area (Å²) in [4.78, 5) is 18.7. The Morgan fingerprint density at radius 1 is 1.25 bits per heavy atom. The Morgan fingerprint density at radius 2 is 2.05 bits per heavy atom. The molecule has 104 valence electrons. The molecule has 1 aromatic heterocycles. The first kappa shape index (κ1) is 12.9. The molecule has 3 rings (SSSR count). The monoisotopic (exact) mass is 270 g/mol. The molecule has 0 spiro atoms. The van der Waals surface area contributed by atoms with E-state index in [1.165, 1.54) is 12.8 Å². The summed E-state index contributed by atoms with van der Waals surface area (Å²) in [7, 11) is 0. The van der Waals surface area contributed by atoms with Crippen LogP contribution in [0.3, 0.4) is 0 Å². The lowest BCUT2D eigenvalue weighted by molar-refractivity contribution is 0.0526. The molecule has 0 N–H and O–H groups in total. The molecule has 4 heteroatoms. The van der Waals surface area contributed by atoms with Gasteiger partial charge in [0.25, 0.3) is 0 Å². The third-order valence-electron chi connectivity index (χ3n) is 3.62. The van der Waals surface area contributed by atoms with Gasteiger partial charge in [0, 0.05) is 18.5 Å². The van der Waals surface area contributed by atoms with Crippen LogP contribution in [0.5, 0.6) is 0 Å². The first-order valence-electron chi connectivity index (χ1n) is 7.11. The molecule has 0 atom stereocenters. The van der Waals surface area contributed by atoms with Gasteiger partial charge in [-0.05, 0) is 50.1 Å². The Morgan fingerprint density at radius 3 is 2.80 bits per heavy atom. The molecule has 1 aliphatic rings. The molecule has 0 unspecified atom stereocenters. The highest BCUT2D eigenvalue weighted by Gasteiger charge is 2.14. The number of hydrogen-bond donors (Lipinski definition) is 0. The topological polar surface area (TPSA) is 42.4 Å². The molecule has 2 aromatic rings. The van der Waals surface area contributed by atoms with Crippen LogP contribution in [-0.4, -0.2) is 30.6 Å². The van der Waals surface area contributed by atoms with Crippen molar-refractivity contribution in [2.45, 2.75) is 19.8 Å². The van der Waals surface area contributed by atoms with Gasteiger partial charge < -0.3 is 9.64 Å². The van der Waals surface area contributed by atoms with Crippen molar-refractivity contribution in [1.82, 2.24) is 4.98 Å². The molecule has 0 radical (unpaired) electrons. The number of carbonyl (C=O) groups excluding carboxylic acids is 1. The minimum Gasteiger partial charge on any atom is -0.462 e. The molecule has 4 nitrogen and oxygen atoms in total. The highest BCUT2D eigenvalue weighted by atomic mass is 16.5. The van der Waals surface area contributed by atoms with Crippen molar-refractivity contribution in [2.24, 2.45) is 0 Å². The van der Waals surface area contributed by atoms with Crippen LogP contribution < -0.4 is 4.90 Å². The van der Waals surface area contributed by atoms with Gasteiger partial charge in [-0.3, -0.25) is 0 Å². The van der Waals surface area contributed by atoms with Crippen molar-refractivity contribution in [3.05, 3.63) is 35.9 Å². The van der Waals surface area contributed by atoms with Gasteiger partial charge in [-0.1, -0.05) is 0 Å². The number of carbonyl (C=O) groups is 1. The predicted octanol–water partition coefficient (Wildman–Crippen LogP) is 3.01. The number of ether oxygens (including phenoxy) is 1. The summed E-state index contributed by atoms with van der Waals surface area (Å²) in [5.74, 6) is 0.747. The van der Waals surface area contributed by atoms with E-state index in [0.29, 0.717) is 12.2 Å². The van der Waals surface area contributed by atoms with Gasteiger partial charge in [0.1, 0.15) is 5.82 Å². The maximum atomic E-state index is 11.7. The van der Waals surface area contributed by atoms with E-state index < -0.39 is 0 Å². The lowest BCUT2D eigenvalue weighted by Crippen LogP contribution is -2.18. The second kappa shape index (κ2) is 5.49. The lowest BCUT2D eigenvalue weighted by Gasteiger charge is -2.16. The van der Waals surface area contributed by atoms with E-state index in [-0.39, 0.29) is 5.97 Å². The normalized spacial score (nSPS) is 14.8. The minimum absolute atomic E-state index is 0.280. The van der Waals surface area contributed by atoms with Crippen LogP contribution in [0.1, 0.15) is 30.1 Å². The smallest absolute Gasteiger partial charge is 0.338 e. The van der Waals surface area contributed by atoms with Crippen molar-refractivity contribution < 1.29 is 9.53 Å². The zero-order valence-electron chi connectivity index (χ0n) is 11.6. The van der Waals surface area contributed by atoms with E-state index in [9.17, 15) is 4.79 Å². The summed E-state index contributed by atoms with van der Waals surface area (Å²) in [5, 5.41) is 0.971. The minimum atomic E-state index is -0.280. The number of fused-ring (bicyclic) bond motifs is 1. The Bertz CT molecular complexity index is 633. The van der Waals surface area contributed by atoms with Crippen molar-refractivity contribution in [1.29, 1.82) is 0 Å².